The maximum atomic E-state index is 15.2. The smallest absolute Gasteiger partial charge is 0.258 e. The molecule has 35 heavy (non-hydrogen) atoms. The molecule has 1 fully saturated rings. The number of halogens is 3. The zero-order chi connectivity index (χ0) is 24.9. The fourth-order valence-corrected chi connectivity index (χ4v) is 4.73. The minimum absolute atomic E-state index is 0.0268. The van der Waals surface area contributed by atoms with Gasteiger partial charge in [0.15, 0.2) is 5.82 Å². The Hall–Kier alpha value is -3.90. The van der Waals surface area contributed by atoms with Crippen molar-refractivity contribution in [3.05, 3.63) is 30.2 Å². The molecular weight excluding hydrogens is 465 g/mol. The molecule has 1 aliphatic rings. The van der Waals surface area contributed by atoms with E-state index in [4.69, 9.17) is 4.74 Å². The van der Waals surface area contributed by atoms with E-state index in [1.807, 2.05) is 6.92 Å². The van der Waals surface area contributed by atoms with Gasteiger partial charge in [-0.15, -0.1) is 10.2 Å². The number of hydrogen-bond acceptors (Lipinski definition) is 7. The second-order valence-electron chi connectivity index (χ2n) is 8.95. The van der Waals surface area contributed by atoms with Crippen LogP contribution in [0, 0.1) is 5.82 Å². The first-order valence-corrected chi connectivity index (χ1v) is 11.0. The fourth-order valence-electron chi connectivity index (χ4n) is 4.73. The molecule has 0 spiro atoms. The van der Waals surface area contributed by atoms with E-state index in [1.54, 1.807) is 18.2 Å². The summed E-state index contributed by atoms with van der Waals surface area (Å²) in [6, 6.07) is 4.80. The molecule has 1 amide bonds. The van der Waals surface area contributed by atoms with Gasteiger partial charge in [0.2, 0.25) is 17.7 Å². The second-order valence-corrected chi connectivity index (χ2v) is 8.95. The molecule has 1 aliphatic carbocycles. The number of aromatic nitrogens is 6. The van der Waals surface area contributed by atoms with Crippen LogP contribution in [0.5, 0.6) is 5.88 Å². The molecule has 0 radical (unpaired) electrons. The SMILES string of the molecule is COc1nc(NC2CC(C)(NC(C)=O)C2)nn2cc(F)c(-c3ccc4nnn(CC(F)F)c4c3)c12. The summed E-state index contributed by atoms with van der Waals surface area (Å²) in [5.74, 6) is -0.277. The molecule has 3 aromatic heterocycles. The van der Waals surface area contributed by atoms with Crippen molar-refractivity contribution in [2.45, 2.75) is 51.2 Å². The molecule has 3 heterocycles. The lowest BCUT2D eigenvalue weighted by Crippen LogP contribution is -2.59. The molecule has 184 valence electrons. The van der Waals surface area contributed by atoms with Crippen LogP contribution in [0.4, 0.5) is 19.1 Å². The number of fused-ring (bicyclic) bond motifs is 2. The number of methoxy groups -OCH3 is 1. The molecule has 1 saturated carbocycles. The highest BCUT2D eigenvalue weighted by Gasteiger charge is 2.41. The number of ether oxygens (including phenoxy) is 1. The van der Waals surface area contributed by atoms with Gasteiger partial charge in [0.25, 0.3) is 6.43 Å². The molecular formula is C22H23F3N8O2. The van der Waals surface area contributed by atoms with Crippen LogP contribution in [0.3, 0.4) is 0 Å². The van der Waals surface area contributed by atoms with Gasteiger partial charge in [-0.3, -0.25) is 4.79 Å². The Bertz CT molecular complexity index is 1430. The predicted molar refractivity (Wildman–Crippen MR) is 121 cm³/mol. The van der Waals surface area contributed by atoms with Gasteiger partial charge >= 0.3 is 0 Å². The van der Waals surface area contributed by atoms with Crippen LogP contribution in [0.15, 0.2) is 24.4 Å². The molecule has 0 saturated heterocycles. The van der Waals surface area contributed by atoms with Gasteiger partial charge in [-0.1, -0.05) is 11.3 Å². The Morgan fingerprint density at radius 2 is 2.11 bits per heavy atom. The number of alkyl halides is 2. The van der Waals surface area contributed by atoms with Crippen molar-refractivity contribution >= 4 is 28.4 Å². The highest BCUT2D eigenvalue weighted by molar-refractivity contribution is 5.89. The van der Waals surface area contributed by atoms with Crippen LogP contribution in [0.2, 0.25) is 0 Å². The van der Waals surface area contributed by atoms with Crippen molar-refractivity contribution < 1.29 is 22.7 Å². The van der Waals surface area contributed by atoms with E-state index in [2.05, 4.69) is 31.0 Å². The van der Waals surface area contributed by atoms with Gasteiger partial charge in [-0.2, -0.15) is 4.98 Å². The van der Waals surface area contributed by atoms with Crippen LogP contribution in [0.1, 0.15) is 26.7 Å². The number of anilines is 1. The number of carbonyl (C=O) groups excluding carboxylic acids is 1. The summed E-state index contributed by atoms with van der Waals surface area (Å²) in [5.41, 5.74) is 1.35. The van der Waals surface area contributed by atoms with Crippen LogP contribution < -0.4 is 15.4 Å². The standard InChI is InChI=1S/C22H23F3N8O2/c1-11(34)28-22(2)7-13(8-22)26-21-27-20(35-3)19-18(14(23)9-33(19)30-21)12-4-5-15-16(6-12)32(31-29-15)10-17(24)25/h4-6,9,13,17H,7-8,10H2,1-3H3,(H,26,30)(H,28,34). The van der Waals surface area contributed by atoms with Gasteiger partial charge in [-0.05, 0) is 37.5 Å². The first-order chi connectivity index (χ1) is 16.7. The predicted octanol–water partition coefficient (Wildman–Crippen LogP) is 3.02. The molecule has 10 nitrogen and oxygen atoms in total. The Labute approximate surface area is 197 Å². The number of amides is 1. The number of benzene rings is 1. The number of hydrogen-bond donors (Lipinski definition) is 2. The van der Waals surface area contributed by atoms with Crippen LogP contribution >= 0.6 is 0 Å². The summed E-state index contributed by atoms with van der Waals surface area (Å²) in [4.78, 5) is 15.8. The number of nitrogens with one attached hydrogen (secondary N) is 2. The highest BCUT2D eigenvalue weighted by atomic mass is 19.3. The fraction of sp³-hybridized carbons (Fsp3) is 0.409. The third-order valence-electron chi connectivity index (χ3n) is 6.06. The molecule has 4 aromatic rings. The third-order valence-corrected chi connectivity index (χ3v) is 6.06. The second kappa shape index (κ2) is 8.40. The van der Waals surface area contributed by atoms with Gasteiger partial charge in [0.1, 0.15) is 17.6 Å². The van der Waals surface area contributed by atoms with Crippen LogP contribution in [-0.4, -0.2) is 60.6 Å². The van der Waals surface area contributed by atoms with Crippen molar-refractivity contribution in [2.24, 2.45) is 0 Å². The molecule has 0 bridgehead atoms. The Morgan fingerprint density at radius 1 is 1.34 bits per heavy atom. The summed E-state index contributed by atoms with van der Waals surface area (Å²) in [7, 11) is 1.42. The largest absolute Gasteiger partial charge is 0.479 e. The molecule has 2 N–H and O–H groups in total. The lowest BCUT2D eigenvalue weighted by molar-refractivity contribution is -0.121. The maximum absolute atomic E-state index is 15.2. The lowest BCUT2D eigenvalue weighted by Gasteiger charge is -2.45. The van der Waals surface area contributed by atoms with Gasteiger partial charge < -0.3 is 15.4 Å². The monoisotopic (exact) mass is 488 g/mol. The van der Waals surface area contributed by atoms with Crippen LogP contribution in [-0.2, 0) is 11.3 Å². The summed E-state index contributed by atoms with van der Waals surface area (Å²) < 4.78 is 48.9. The van der Waals surface area contributed by atoms with Gasteiger partial charge in [0.05, 0.1) is 24.4 Å². The van der Waals surface area contributed by atoms with E-state index < -0.39 is 18.8 Å². The first-order valence-electron chi connectivity index (χ1n) is 11.0. The molecule has 1 aromatic carbocycles. The molecule has 5 rings (SSSR count). The van der Waals surface area contributed by atoms with E-state index >= 15 is 4.39 Å². The van der Waals surface area contributed by atoms with Gasteiger partial charge in [-0.25, -0.2) is 22.4 Å². The van der Waals surface area contributed by atoms with Crippen molar-refractivity contribution in [1.29, 1.82) is 0 Å². The van der Waals surface area contributed by atoms with E-state index in [9.17, 15) is 13.6 Å². The average molecular weight is 488 g/mol. The van der Waals surface area contributed by atoms with Gasteiger partial charge in [0, 0.05) is 18.5 Å². The average Bonchev–Trinajstić information content (AvgIpc) is 3.30. The zero-order valence-electron chi connectivity index (χ0n) is 19.2. The van der Waals surface area contributed by atoms with Crippen molar-refractivity contribution in [3.8, 4) is 17.0 Å². The Balaban J connectivity index is 1.49. The van der Waals surface area contributed by atoms with Crippen molar-refractivity contribution in [1.82, 2.24) is 34.9 Å². The minimum atomic E-state index is -2.61. The number of nitrogens with zero attached hydrogens (tertiary/aromatic N) is 6. The Kier molecular flexibility index (Phi) is 5.49. The Morgan fingerprint density at radius 3 is 2.80 bits per heavy atom. The molecule has 0 aliphatic heterocycles. The maximum Gasteiger partial charge on any atom is 0.258 e. The minimum Gasteiger partial charge on any atom is -0.479 e. The first kappa shape index (κ1) is 22.9. The van der Waals surface area contributed by atoms with E-state index in [1.165, 1.54) is 24.7 Å². The molecule has 0 unspecified atom stereocenters. The van der Waals surface area contributed by atoms with E-state index in [0.717, 1.165) is 4.68 Å². The quantitative estimate of drug-likeness (QED) is 0.411. The topological polar surface area (TPSA) is 111 Å². The molecule has 0 atom stereocenters. The molecule has 13 heteroatoms. The lowest BCUT2D eigenvalue weighted by atomic mass is 9.74. The number of carbonyl (C=O) groups is 1. The number of rotatable bonds is 7. The summed E-state index contributed by atoms with van der Waals surface area (Å²) >= 11 is 0. The summed E-state index contributed by atoms with van der Waals surface area (Å²) in [6.45, 7) is 2.82. The van der Waals surface area contributed by atoms with E-state index in [0.29, 0.717) is 35.0 Å². The van der Waals surface area contributed by atoms with Crippen LogP contribution in [0.25, 0.3) is 27.7 Å². The summed E-state index contributed by atoms with van der Waals surface area (Å²) in [6.07, 6.45) is -0.0350. The third kappa shape index (κ3) is 4.21. The zero-order valence-corrected chi connectivity index (χ0v) is 19.2. The summed E-state index contributed by atoms with van der Waals surface area (Å²) in [5, 5.41) is 18.2. The van der Waals surface area contributed by atoms with Crippen molar-refractivity contribution in [2.75, 3.05) is 12.4 Å². The van der Waals surface area contributed by atoms with Crippen molar-refractivity contribution in [3.63, 3.8) is 0 Å². The van der Waals surface area contributed by atoms with E-state index in [-0.39, 0.29) is 34.9 Å². The normalized spacial score (nSPS) is 19.8. The highest BCUT2D eigenvalue weighted by Crippen LogP contribution is 2.37.